The zero-order chi connectivity index (χ0) is 24.8. The minimum Gasteiger partial charge on any atom is -0.455 e. The van der Waals surface area contributed by atoms with Crippen LogP contribution < -0.4 is 0 Å². The fourth-order valence-corrected chi connectivity index (χ4v) is 7.67. The lowest BCUT2D eigenvalue weighted by atomic mass is 9.49. The summed E-state index contributed by atoms with van der Waals surface area (Å²) in [6.07, 6.45) is 15.8. The Kier molecular flexibility index (Phi) is 6.43. The van der Waals surface area contributed by atoms with Crippen LogP contribution in [0.3, 0.4) is 0 Å². The lowest BCUT2D eigenvalue weighted by molar-refractivity contribution is -0.213. The van der Waals surface area contributed by atoms with E-state index in [9.17, 15) is 14.7 Å². The Balaban J connectivity index is 1.52. The molecule has 3 fully saturated rings. The normalized spacial score (nSPS) is 47.1. The van der Waals surface area contributed by atoms with Gasteiger partial charge in [-0.25, -0.2) is 4.79 Å². The maximum atomic E-state index is 13.2. The number of hydrogen-bond donors (Lipinski definition) is 1. The molecule has 0 unspecified atom stereocenters. The first kappa shape index (κ1) is 24.7. The highest BCUT2D eigenvalue weighted by atomic mass is 16.6. The van der Waals surface area contributed by atoms with Gasteiger partial charge in [-0.2, -0.15) is 0 Å². The van der Waals surface area contributed by atoms with Crippen molar-refractivity contribution in [2.24, 2.45) is 23.2 Å². The van der Waals surface area contributed by atoms with Crippen molar-refractivity contribution >= 4 is 11.8 Å². The average molecular weight is 483 g/mol. The number of allylic oxidation sites excluding steroid dienone is 4. The number of ketones is 1. The number of esters is 1. The standard InChI is InChI=1S/C29H38O6/c1-19-11-12-28-22(14-19)16-23-15-21(27(28,3)29(23)18-34-29)17-24(31)8-4-5-9-25(20(2)30)33-13-7-6-10-26(32)35-28/h4-6,8-10,14,20-23,25,30H,7,11-13,15-18H2,1-3H3/b8-4-,9-5+,10-6-/t20-,21+,22+,23+,25-,27-,28-,29+/m1/s1. The fraction of sp³-hybridized carbons (Fsp3) is 0.655. The number of epoxide rings is 1. The van der Waals surface area contributed by atoms with Crippen LogP contribution in [0.1, 0.15) is 59.3 Å². The van der Waals surface area contributed by atoms with E-state index >= 15 is 0 Å². The molecular weight excluding hydrogens is 444 g/mol. The first-order valence-electron chi connectivity index (χ1n) is 13.1. The van der Waals surface area contributed by atoms with Crippen molar-refractivity contribution in [1.29, 1.82) is 0 Å². The molecule has 0 amide bonds. The van der Waals surface area contributed by atoms with Crippen LogP contribution in [0.4, 0.5) is 0 Å². The third-order valence-corrected chi connectivity index (χ3v) is 9.52. The first-order chi connectivity index (χ1) is 16.7. The number of ether oxygens (including phenoxy) is 3. The molecule has 3 aliphatic carbocycles. The zero-order valence-electron chi connectivity index (χ0n) is 21.1. The molecule has 2 aliphatic heterocycles. The van der Waals surface area contributed by atoms with E-state index < -0.39 is 23.2 Å². The molecule has 2 bridgehead atoms. The summed E-state index contributed by atoms with van der Waals surface area (Å²) in [6, 6.07) is 0. The molecule has 8 atom stereocenters. The molecule has 0 aromatic carbocycles. The van der Waals surface area contributed by atoms with Gasteiger partial charge in [0, 0.05) is 23.8 Å². The van der Waals surface area contributed by atoms with E-state index in [4.69, 9.17) is 14.2 Å². The van der Waals surface area contributed by atoms with Crippen molar-refractivity contribution in [1.82, 2.24) is 0 Å². The van der Waals surface area contributed by atoms with Crippen molar-refractivity contribution in [2.75, 3.05) is 13.2 Å². The number of hydrogen-bond acceptors (Lipinski definition) is 6. The number of rotatable bonds is 1. The van der Waals surface area contributed by atoms with Crippen LogP contribution >= 0.6 is 0 Å². The molecule has 5 aliphatic rings. The predicted octanol–water partition coefficient (Wildman–Crippen LogP) is 4.24. The smallest absolute Gasteiger partial charge is 0.331 e. The van der Waals surface area contributed by atoms with E-state index in [1.807, 2.05) is 0 Å². The number of aliphatic hydroxyl groups is 1. The lowest BCUT2D eigenvalue weighted by Gasteiger charge is -2.58. The van der Waals surface area contributed by atoms with E-state index in [1.165, 1.54) is 11.6 Å². The lowest BCUT2D eigenvalue weighted by Crippen LogP contribution is -2.66. The third-order valence-electron chi connectivity index (χ3n) is 9.52. The molecule has 2 heterocycles. The number of carbonyl (C=O) groups excluding carboxylic acids is 2. The van der Waals surface area contributed by atoms with Crippen molar-refractivity contribution in [2.45, 2.75) is 82.7 Å². The Morgan fingerprint density at radius 1 is 1.11 bits per heavy atom. The SMILES string of the molecule is CC1=C[C@H]2C[C@@H]3C[C@H]4CC(=O)/C=C\C=C\[C@H]([C@@H](C)O)OCC/C=C\C(=O)O[C@@]2(CC1)[C@]4(C)[C@]31CO1. The Labute approximate surface area is 208 Å². The van der Waals surface area contributed by atoms with Crippen LogP contribution in [0.15, 0.2) is 48.1 Å². The Hall–Kier alpha value is -2.02. The molecule has 35 heavy (non-hydrogen) atoms. The second-order valence-electron chi connectivity index (χ2n) is 11.4. The van der Waals surface area contributed by atoms with Gasteiger partial charge in [0.15, 0.2) is 5.78 Å². The molecule has 190 valence electrons. The molecule has 5 rings (SSSR count). The van der Waals surface area contributed by atoms with Crippen molar-refractivity contribution in [3.8, 4) is 0 Å². The summed E-state index contributed by atoms with van der Waals surface area (Å²) in [5, 5.41) is 9.99. The van der Waals surface area contributed by atoms with Crippen LogP contribution in [0.2, 0.25) is 0 Å². The minimum absolute atomic E-state index is 0.0588. The second kappa shape index (κ2) is 9.13. The molecule has 1 N–H and O–H groups in total. The quantitative estimate of drug-likeness (QED) is 0.342. The molecule has 0 aromatic heterocycles. The summed E-state index contributed by atoms with van der Waals surface area (Å²) >= 11 is 0. The van der Waals surface area contributed by atoms with Gasteiger partial charge in [0.05, 0.1) is 19.3 Å². The molecule has 2 spiro atoms. The highest BCUT2D eigenvalue weighted by molar-refractivity contribution is 5.90. The van der Waals surface area contributed by atoms with E-state index in [2.05, 4.69) is 19.9 Å². The topological polar surface area (TPSA) is 85.4 Å². The Morgan fingerprint density at radius 3 is 2.66 bits per heavy atom. The van der Waals surface area contributed by atoms with Gasteiger partial charge in [-0.3, -0.25) is 4.79 Å². The van der Waals surface area contributed by atoms with E-state index in [0.717, 1.165) is 25.7 Å². The van der Waals surface area contributed by atoms with Crippen molar-refractivity contribution in [3.05, 3.63) is 48.1 Å². The third kappa shape index (κ3) is 3.98. The highest BCUT2D eigenvalue weighted by Crippen LogP contribution is 2.75. The van der Waals surface area contributed by atoms with E-state index in [1.54, 1.807) is 37.3 Å². The molecular formula is C29H38O6. The van der Waals surface area contributed by atoms with E-state index in [-0.39, 0.29) is 29.2 Å². The summed E-state index contributed by atoms with van der Waals surface area (Å²) in [5.41, 5.74) is -0.0725. The van der Waals surface area contributed by atoms with Gasteiger partial charge >= 0.3 is 5.97 Å². The van der Waals surface area contributed by atoms with Gasteiger partial charge in [-0.1, -0.05) is 42.9 Å². The summed E-state index contributed by atoms with van der Waals surface area (Å²) in [7, 11) is 0. The largest absolute Gasteiger partial charge is 0.455 e. The maximum absolute atomic E-state index is 13.2. The molecule has 0 aromatic rings. The van der Waals surface area contributed by atoms with Crippen LogP contribution in [0.5, 0.6) is 0 Å². The molecule has 2 saturated carbocycles. The van der Waals surface area contributed by atoms with Crippen molar-refractivity contribution in [3.63, 3.8) is 0 Å². The summed E-state index contributed by atoms with van der Waals surface area (Å²) in [4.78, 5) is 26.3. The van der Waals surface area contributed by atoms with Crippen LogP contribution in [-0.2, 0) is 23.8 Å². The Morgan fingerprint density at radius 2 is 1.91 bits per heavy atom. The predicted molar refractivity (Wildman–Crippen MR) is 131 cm³/mol. The average Bonchev–Trinajstić information content (AvgIpc) is 3.58. The van der Waals surface area contributed by atoms with Crippen molar-refractivity contribution < 1.29 is 28.9 Å². The molecule has 6 nitrogen and oxygen atoms in total. The molecule has 1 saturated heterocycles. The van der Waals surface area contributed by atoms with Gasteiger partial charge in [0.1, 0.15) is 17.3 Å². The van der Waals surface area contributed by atoms with Gasteiger partial charge in [-0.15, -0.1) is 0 Å². The summed E-state index contributed by atoms with van der Waals surface area (Å²) in [6.45, 7) is 7.10. The first-order valence-corrected chi connectivity index (χ1v) is 13.1. The second-order valence-corrected chi connectivity index (χ2v) is 11.4. The fourth-order valence-electron chi connectivity index (χ4n) is 7.67. The van der Waals surface area contributed by atoms with Crippen LogP contribution in [0, 0.1) is 23.2 Å². The molecule has 0 radical (unpaired) electrons. The van der Waals surface area contributed by atoms with Crippen LogP contribution in [0.25, 0.3) is 0 Å². The van der Waals surface area contributed by atoms with Gasteiger partial charge < -0.3 is 19.3 Å². The Bertz CT molecular complexity index is 985. The summed E-state index contributed by atoms with van der Waals surface area (Å²) < 4.78 is 18.5. The molecule has 6 heteroatoms. The minimum atomic E-state index is -0.687. The number of aliphatic hydroxyl groups excluding tert-OH is 1. The van der Waals surface area contributed by atoms with Gasteiger partial charge in [-0.05, 0) is 63.9 Å². The maximum Gasteiger partial charge on any atom is 0.331 e. The van der Waals surface area contributed by atoms with Gasteiger partial charge in [0.25, 0.3) is 0 Å². The van der Waals surface area contributed by atoms with Crippen LogP contribution in [-0.4, -0.2) is 53.5 Å². The highest BCUT2D eigenvalue weighted by Gasteiger charge is 2.81. The summed E-state index contributed by atoms with van der Waals surface area (Å²) in [5.74, 6) is 0.302. The monoisotopic (exact) mass is 482 g/mol. The zero-order valence-corrected chi connectivity index (χ0v) is 21.1. The number of carbonyl (C=O) groups is 2. The van der Waals surface area contributed by atoms with E-state index in [0.29, 0.717) is 32.0 Å². The van der Waals surface area contributed by atoms with Gasteiger partial charge in [0.2, 0.25) is 0 Å².